The fourth-order valence-electron chi connectivity index (χ4n) is 3.77. The molecule has 1 saturated carbocycles. The minimum Gasteiger partial charge on any atom is -0.366 e. The van der Waals surface area contributed by atoms with Crippen molar-refractivity contribution in [3.63, 3.8) is 0 Å². The maximum Gasteiger partial charge on any atom is 0.290 e. The number of nitrogens with one attached hydrogen (secondary N) is 2. The first-order chi connectivity index (χ1) is 14.0. The first-order valence-corrected chi connectivity index (χ1v) is 9.91. The Morgan fingerprint density at radius 3 is 2.59 bits per heavy atom. The molecular weight excluding hydrogens is 372 g/mol. The largest absolute Gasteiger partial charge is 0.366 e. The maximum atomic E-state index is 12.9. The minimum absolute atomic E-state index is 0.0607. The fourth-order valence-corrected chi connectivity index (χ4v) is 3.77. The molecule has 1 heterocycles. The van der Waals surface area contributed by atoms with Crippen LogP contribution in [0.15, 0.2) is 41.1 Å². The highest BCUT2D eigenvalue weighted by Crippen LogP contribution is 2.27. The average Bonchev–Trinajstić information content (AvgIpc) is 3.27. The summed E-state index contributed by atoms with van der Waals surface area (Å²) < 4.78 is 4.89. The normalized spacial score (nSPS) is 15.4. The van der Waals surface area contributed by atoms with E-state index in [1.54, 1.807) is 24.3 Å². The van der Waals surface area contributed by atoms with Crippen LogP contribution in [0.2, 0.25) is 0 Å². The van der Waals surface area contributed by atoms with Crippen molar-refractivity contribution in [2.24, 2.45) is 11.7 Å². The van der Waals surface area contributed by atoms with Gasteiger partial charge in [0.1, 0.15) is 6.04 Å². The zero-order valence-electron chi connectivity index (χ0n) is 16.2. The Morgan fingerprint density at radius 2 is 1.90 bits per heavy atom. The van der Waals surface area contributed by atoms with Crippen LogP contribution in [0, 0.1) is 5.92 Å². The van der Waals surface area contributed by atoms with E-state index < -0.39 is 17.9 Å². The van der Waals surface area contributed by atoms with Crippen LogP contribution in [-0.4, -0.2) is 28.9 Å². The molecule has 3 amide bonds. The summed E-state index contributed by atoms with van der Waals surface area (Å²) in [6.07, 6.45) is 7.53. The molecule has 1 atom stereocenters. The quantitative estimate of drug-likeness (QED) is 0.628. The predicted molar refractivity (Wildman–Crippen MR) is 106 cm³/mol. The average molecular weight is 398 g/mol. The molecule has 29 heavy (non-hydrogen) atoms. The van der Waals surface area contributed by atoms with Gasteiger partial charge in [-0.1, -0.05) is 55.5 Å². The highest BCUT2D eigenvalue weighted by molar-refractivity contribution is 5.96. The van der Waals surface area contributed by atoms with Gasteiger partial charge >= 0.3 is 0 Å². The second-order valence-electron chi connectivity index (χ2n) is 7.38. The standard InChI is InChI=1S/C21H26N4O4/c22-19(26)16-9-5-4-8-15(16)13-23-20(27)17(12-14-6-2-1-3-7-14)25-21(28)18-10-11-24-29-18/h4-5,8-11,14,17H,1-3,6-7,12-13H2,(H2,22,26)(H,23,27)(H,25,28)/t17-/m0/s1. The third-order valence-corrected chi connectivity index (χ3v) is 5.31. The molecule has 3 rings (SSSR count). The van der Waals surface area contributed by atoms with Crippen LogP contribution in [0.5, 0.6) is 0 Å². The maximum absolute atomic E-state index is 12.9. The smallest absolute Gasteiger partial charge is 0.290 e. The van der Waals surface area contributed by atoms with E-state index in [4.69, 9.17) is 10.3 Å². The highest BCUT2D eigenvalue weighted by atomic mass is 16.5. The van der Waals surface area contributed by atoms with Gasteiger partial charge in [-0.15, -0.1) is 0 Å². The summed E-state index contributed by atoms with van der Waals surface area (Å²) in [6, 6.07) is 7.61. The van der Waals surface area contributed by atoms with Crippen molar-refractivity contribution in [3.05, 3.63) is 53.4 Å². The Bertz CT molecular complexity index is 844. The van der Waals surface area contributed by atoms with Crippen molar-refractivity contribution in [1.29, 1.82) is 0 Å². The molecule has 1 aromatic carbocycles. The fraction of sp³-hybridized carbons (Fsp3) is 0.429. The third-order valence-electron chi connectivity index (χ3n) is 5.31. The van der Waals surface area contributed by atoms with E-state index in [1.807, 2.05) is 0 Å². The number of benzene rings is 1. The molecule has 1 aliphatic carbocycles. The zero-order chi connectivity index (χ0) is 20.6. The van der Waals surface area contributed by atoms with Crippen LogP contribution in [0.1, 0.15) is 65.0 Å². The Hall–Kier alpha value is -3.16. The molecule has 8 nitrogen and oxygen atoms in total. The Balaban J connectivity index is 1.67. The van der Waals surface area contributed by atoms with Crippen LogP contribution < -0.4 is 16.4 Å². The molecule has 8 heteroatoms. The number of aromatic nitrogens is 1. The number of carbonyl (C=O) groups is 3. The molecule has 0 saturated heterocycles. The highest BCUT2D eigenvalue weighted by Gasteiger charge is 2.27. The van der Waals surface area contributed by atoms with E-state index >= 15 is 0 Å². The molecule has 0 radical (unpaired) electrons. The van der Waals surface area contributed by atoms with Gasteiger partial charge in [0.25, 0.3) is 5.91 Å². The van der Waals surface area contributed by atoms with Crippen molar-refractivity contribution < 1.29 is 18.9 Å². The lowest BCUT2D eigenvalue weighted by Crippen LogP contribution is -2.47. The van der Waals surface area contributed by atoms with Crippen molar-refractivity contribution in [1.82, 2.24) is 15.8 Å². The summed E-state index contributed by atoms with van der Waals surface area (Å²) in [5.74, 6) is -0.885. The van der Waals surface area contributed by atoms with E-state index in [-0.39, 0.29) is 18.2 Å². The van der Waals surface area contributed by atoms with Crippen molar-refractivity contribution >= 4 is 17.7 Å². The molecule has 1 fully saturated rings. The number of rotatable bonds is 8. The Morgan fingerprint density at radius 1 is 1.14 bits per heavy atom. The predicted octanol–water partition coefficient (Wildman–Crippen LogP) is 2.16. The monoisotopic (exact) mass is 398 g/mol. The van der Waals surface area contributed by atoms with Crippen LogP contribution in [-0.2, 0) is 11.3 Å². The van der Waals surface area contributed by atoms with Crippen LogP contribution in [0.4, 0.5) is 0 Å². The number of primary amides is 1. The summed E-state index contributed by atoms with van der Waals surface area (Å²) in [5.41, 5.74) is 6.39. The van der Waals surface area contributed by atoms with Crippen LogP contribution >= 0.6 is 0 Å². The van der Waals surface area contributed by atoms with E-state index in [2.05, 4.69) is 15.8 Å². The van der Waals surface area contributed by atoms with Gasteiger partial charge in [-0.3, -0.25) is 14.4 Å². The van der Waals surface area contributed by atoms with Gasteiger partial charge in [-0.05, 0) is 24.0 Å². The van der Waals surface area contributed by atoms with Gasteiger partial charge in [0.05, 0.1) is 6.20 Å². The number of nitrogens with two attached hydrogens (primary N) is 1. The van der Waals surface area contributed by atoms with Crippen molar-refractivity contribution in [2.45, 2.75) is 51.1 Å². The zero-order valence-corrected chi connectivity index (χ0v) is 16.2. The summed E-state index contributed by atoms with van der Waals surface area (Å²) in [7, 11) is 0. The number of nitrogens with zero attached hydrogens (tertiary/aromatic N) is 1. The first-order valence-electron chi connectivity index (χ1n) is 9.91. The lowest BCUT2D eigenvalue weighted by molar-refractivity contribution is -0.123. The van der Waals surface area contributed by atoms with Crippen LogP contribution in [0.3, 0.4) is 0 Å². The van der Waals surface area contributed by atoms with E-state index in [1.165, 1.54) is 18.7 Å². The lowest BCUT2D eigenvalue weighted by Gasteiger charge is -2.26. The van der Waals surface area contributed by atoms with E-state index in [0.29, 0.717) is 23.5 Å². The van der Waals surface area contributed by atoms with Gasteiger partial charge in [0.2, 0.25) is 17.6 Å². The number of hydrogen-bond acceptors (Lipinski definition) is 5. The second kappa shape index (κ2) is 9.86. The van der Waals surface area contributed by atoms with Gasteiger partial charge < -0.3 is 20.9 Å². The number of carbonyl (C=O) groups excluding carboxylic acids is 3. The Kier molecular flexibility index (Phi) is 6.99. The molecule has 1 aromatic heterocycles. The van der Waals surface area contributed by atoms with Gasteiger partial charge in [0, 0.05) is 18.2 Å². The van der Waals surface area contributed by atoms with Gasteiger partial charge in [-0.25, -0.2) is 0 Å². The molecule has 1 aliphatic rings. The first kappa shape index (κ1) is 20.6. The summed E-state index contributed by atoms with van der Waals surface area (Å²) in [4.78, 5) is 36.9. The molecule has 154 valence electrons. The minimum atomic E-state index is -0.698. The van der Waals surface area contributed by atoms with Crippen LogP contribution in [0.25, 0.3) is 0 Å². The summed E-state index contributed by atoms with van der Waals surface area (Å²) in [5, 5.41) is 9.12. The SMILES string of the molecule is NC(=O)c1ccccc1CNC(=O)[C@H](CC1CCCCC1)NC(=O)c1ccno1. The third kappa shape index (κ3) is 5.66. The summed E-state index contributed by atoms with van der Waals surface area (Å²) in [6.45, 7) is 0.150. The molecular formula is C21H26N4O4. The number of hydrogen-bond donors (Lipinski definition) is 3. The van der Waals surface area contributed by atoms with E-state index in [9.17, 15) is 14.4 Å². The number of amides is 3. The van der Waals surface area contributed by atoms with Gasteiger partial charge in [0.15, 0.2) is 0 Å². The van der Waals surface area contributed by atoms with Gasteiger partial charge in [-0.2, -0.15) is 0 Å². The lowest BCUT2D eigenvalue weighted by atomic mass is 9.84. The van der Waals surface area contributed by atoms with E-state index in [0.717, 1.165) is 25.7 Å². The summed E-state index contributed by atoms with van der Waals surface area (Å²) >= 11 is 0. The topological polar surface area (TPSA) is 127 Å². The molecule has 0 unspecified atom stereocenters. The molecule has 0 bridgehead atoms. The molecule has 0 aliphatic heterocycles. The molecule has 2 aromatic rings. The van der Waals surface area contributed by atoms with Crippen molar-refractivity contribution in [3.8, 4) is 0 Å². The molecule has 4 N–H and O–H groups in total. The second-order valence-corrected chi connectivity index (χ2v) is 7.38. The van der Waals surface area contributed by atoms with Crippen molar-refractivity contribution in [2.75, 3.05) is 0 Å². The molecule has 0 spiro atoms. The Labute approximate surface area is 169 Å².